The van der Waals surface area contributed by atoms with Gasteiger partial charge in [0.1, 0.15) is 0 Å². The van der Waals surface area contributed by atoms with Crippen molar-refractivity contribution in [2.24, 2.45) is 11.7 Å². The molecule has 118 valence electrons. The highest BCUT2D eigenvalue weighted by Gasteiger charge is 2.28. The highest BCUT2D eigenvalue weighted by molar-refractivity contribution is 6.31. The molecule has 0 amide bonds. The second kappa shape index (κ2) is 8.17. The molecular formula is C18H28ClNO. The summed E-state index contributed by atoms with van der Waals surface area (Å²) in [5.74, 6) is 0.800. The topological polar surface area (TPSA) is 35.2 Å². The Labute approximate surface area is 134 Å². The standard InChI is InChI=1S/C18H28ClNO/c1-3-13-8-7-9-14(12-13)21-18(17(20)4-2)15-10-5-6-11-16(15)19/h5-6,10-11,13-14,17-18H,3-4,7-9,12,20H2,1-2H3. The van der Waals surface area contributed by atoms with Crippen LogP contribution in [0.15, 0.2) is 24.3 Å². The van der Waals surface area contributed by atoms with Gasteiger partial charge in [-0.15, -0.1) is 0 Å². The van der Waals surface area contributed by atoms with Crippen LogP contribution >= 0.6 is 11.6 Å². The van der Waals surface area contributed by atoms with Gasteiger partial charge in [-0.05, 0) is 31.2 Å². The summed E-state index contributed by atoms with van der Waals surface area (Å²) < 4.78 is 6.43. The largest absolute Gasteiger partial charge is 0.369 e. The lowest BCUT2D eigenvalue weighted by atomic mass is 9.85. The Morgan fingerprint density at radius 3 is 2.71 bits per heavy atom. The normalized spacial score (nSPS) is 25.5. The van der Waals surface area contributed by atoms with E-state index in [0.717, 1.165) is 35.8 Å². The van der Waals surface area contributed by atoms with Crippen LogP contribution in [0.5, 0.6) is 0 Å². The van der Waals surface area contributed by atoms with Gasteiger partial charge >= 0.3 is 0 Å². The zero-order valence-electron chi connectivity index (χ0n) is 13.2. The molecule has 2 N–H and O–H groups in total. The van der Waals surface area contributed by atoms with Crippen molar-refractivity contribution >= 4 is 11.6 Å². The van der Waals surface area contributed by atoms with Crippen LogP contribution in [0.2, 0.25) is 5.02 Å². The number of nitrogens with two attached hydrogens (primary N) is 1. The molecule has 2 rings (SSSR count). The fourth-order valence-electron chi connectivity index (χ4n) is 3.27. The lowest BCUT2D eigenvalue weighted by Crippen LogP contribution is -2.34. The van der Waals surface area contributed by atoms with Gasteiger partial charge in [-0.2, -0.15) is 0 Å². The van der Waals surface area contributed by atoms with Crippen LogP contribution in [0.4, 0.5) is 0 Å². The van der Waals surface area contributed by atoms with E-state index in [1.165, 1.54) is 19.3 Å². The van der Waals surface area contributed by atoms with E-state index in [4.69, 9.17) is 22.1 Å². The quantitative estimate of drug-likeness (QED) is 0.793. The fraction of sp³-hybridized carbons (Fsp3) is 0.667. The first kappa shape index (κ1) is 16.8. The summed E-state index contributed by atoms with van der Waals surface area (Å²) >= 11 is 6.36. The van der Waals surface area contributed by atoms with Gasteiger partial charge in [0.2, 0.25) is 0 Å². The van der Waals surface area contributed by atoms with Crippen LogP contribution < -0.4 is 5.73 Å². The highest BCUT2D eigenvalue weighted by Crippen LogP contribution is 2.35. The molecule has 21 heavy (non-hydrogen) atoms. The van der Waals surface area contributed by atoms with Crippen molar-refractivity contribution in [1.82, 2.24) is 0 Å². The lowest BCUT2D eigenvalue weighted by Gasteiger charge is -2.34. The van der Waals surface area contributed by atoms with E-state index in [-0.39, 0.29) is 12.1 Å². The van der Waals surface area contributed by atoms with E-state index in [2.05, 4.69) is 13.8 Å². The van der Waals surface area contributed by atoms with Gasteiger partial charge in [0, 0.05) is 16.6 Å². The maximum Gasteiger partial charge on any atom is 0.0993 e. The van der Waals surface area contributed by atoms with Crippen molar-refractivity contribution in [2.75, 3.05) is 0 Å². The Balaban J connectivity index is 2.12. The van der Waals surface area contributed by atoms with Crippen LogP contribution in [0.3, 0.4) is 0 Å². The molecule has 4 unspecified atom stereocenters. The molecule has 0 bridgehead atoms. The van der Waals surface area contributed by atoms with Crippen molar-refractivity contribution in [2.45, 2.75) is 70.6 Å². The summed E-state index contributed by atoms with van der Waals surface area (Å²) in [6, 6.07) is 7.92. The average Bonchev–Trinajstić information content (AvgIpc) is 2.53. The summed E-state index contributed by atoms with van der Waals surface area (Å²) in [4.78, 5) is 0. The average molecular weight is 310 g/mol. The predicted octanol–water partition coefficient (Wildman–Crippen LogP) is 5.10. The van der Waals surface area contributed by atoms with Gasteiger partial charge in [0.25, 0.3) is 0 Å². The third-order valence-corrected chi connectivity index (χ3v) is 5.07. The second-order valence-corrected chi connectivity index (χ2v) is 6.62. The zero-order chi connectivity index (χ0) is 15.2. The predicted molar refractivity (Wildman–Crippen MR) is 89.6 cm³/mol. The second-order valence-electron chi connectivity index (χ2n) is 6.21. The third-order valence-electron chi connectivity index (χ3n) is 4.72. The molecule has 0 saturated heterocycles. The van der Waals surface area contributed by atoms with E-state index < -0.39 is 0 Å². The molecule has 1 aromatic rings. The van der Waals surface area contributed by atoms with Crippen LogP contribution in [-0.2, 0) is 4.74 Å². The van der Waals surface area contributed by atoms with Crippen molar-refractivity contribution < 1.29 is 4.74 Å². The molecular weight excluding hydrogens is 282 g/mol. The summed E-state index contributed by atoms with van der Waals surface area (Å²) in [6.45, 7) is 4.38. The van der Waals surface area contributed by atoms with E-state index in [1.54, 1.807) is 0 Å². The molecule has 0 spiro atoms. The van der Waals surface area contributed by atoms with Crippen molar-refractivity contribution in [3.63, 3.8) is 0 Å². The van der Waals surface area contributed by atoms with Crippen LogP contribution in [0, 0.1) is 5.92 Å². The zero-order valence-corrected chi connectivity index (χ0v) is 14.0. The Morgan fingerprint density at radius 1 is 1.29 bits per heavy atom. The van der Waals surface area contributed by atoms with Crippen molar-refractivity contribution in [3.05, 3.63) is 34.9 Å². The minimum Gasteiger partial charge on any atom is -0.369 e. The van der Waals surface area contributed by atoms with E-state index >= 15 is 0 Å². The van der Waals surface area contributed by atoms with Gasteiger partial charge in [-0.1, -0.05) is 62.9 Å². The number of ether oxygens (including phenoxy) is 1. The Kier molecular flexibility index (Phi) is 6.53. The van der Waals surface area contributed by atoms with Gasteiger partial charge in [-0.25, -0.2) is 0 Å². The number of halogens is 1. The molecule has 0 aliphatic heterocycles. The Bertz CT molecular complexity index is 437. The third kappa shape index (κ3) is 4.45. The molecule has 1 aromatic carbocycles. The molecule has 1 saturated carbocycles. The minimum absolute atomic E-state index is 0.00750. The van der Waals surface area contributed by atoms with Crippen LogP contribution in [0.25, 0.3) is 0 Å². The maximum absolute atomic E-state index is 6.43. The van der Waals surface area contributed by atoms with Crippen molar-refractivity contribution in [3.8, 4) is 0 Å². The van der Waals surface area contributed by atoms with E-state index in [1.807, 2.05) is 24.3 Å². The number of benzene rings is 1. The fourth-order valence-corrected chi connectivity index (χ4v) is 3.51. The Morgan fingerprint density at radius 2 is 2.05 bits per heavy atom. The first-order valence-corrected chi connectivity index (χ1v) is 8.68. The molecule has 0 radical (unpaired) electrons. The van der Waals surface area contributed by atoms with Gasteiger partial charge in [-0.3, -0.25) is 0 Å². The number of hydrogen-bond donors (Lipinski definition) is 1. The molecule has 1 aliphatic carbocycles. The minimum atomic E-state index is -0.0932. The molecule has 4 atom stereocenters. The van der Waals surface area contributed by atoms with Gasteiger partial charge in [0.05, 0.1) is 12.2 Å². The number of rotatable bonds is 6. The first-order valence-electron chi connectivity index (χ1n) is 8.31. The summed E-state index contributed by atoms with van der Waals surface area (Å²) in [5, 5.41) is 0.759. The monoisotopic (exact) mass is 309 g/mol. The molecule has 3 heteroatoms. The lowest BCUT2D eigenvalue weighted by molar-refractivity contribution is -0.0535. The SMILES string of the molecule is CCC1CCCC(OC(c2ccccc2Cl)C(N)CC)C1. The van der Waals surface area contributed by atoms with E-state index in [9.17, 15) is 0 Å². The molecule has 1 aliphatic rings. The molecule has 0 heterocycles. The summed E-state index contributed by atoms with van der Waals surface area (Å²) in [6.07, 6.45) is 7.27. The summed E-state index contributed by atoms with van der Waals surface area (Å²) in [7, 11) is 0. The molecule has 1 fully saturated rings. The number of hydrogen-bond acceptors (Lipinski definition) is 2. The smallest absolute Gasteiger partial charge is 0.0993 e. The molecule has 2 nitrogen and oxygen atoms in total. The van der Waals surface area contributed by atoms with Gasteiger partial charge in [0.15, 0.2) is 0 Å². The van der Waals surface area contributed by atoms with Crippen LogP contribution in [-0.4, -0.2) is 12.1 Å². The van der Waals surface area contributed by atoms with E-state index in [0.29, 0.717) is 6.10 Å². The highest BCUT2D eigenvalue weighted by atomic mass is 35.5. The molecule has 0 aromatic heterocycles. The maximum atomic E-state index is 6.43. The first-order chi connectivity index (χ1) is 10.2. The summed E-state index contributed by atoms with van der Waals surface area (Å²) in [5.41, 5.74) is 7.35. The van der Waals surface area contributed by atoms with Crippen molar-refractivity contribution in [1.29, 1.82) is 0 Å². The Hall–Kier alpha value is -0.570. The van der Waals surface area contributed by atoms with Crippen LogP contribution in [0.1, 0.15) is 64.0 Å². The van der Waals surface area contributed by atoms with Gasteiger partial charge < -0.3 is 10.5 Å².